The van der Waals surface area contributed by atoms with E-state index in [9.17, 15) is 4.79 Å². The lowest BCUT2D eigenvalue weighted by molar-refractivity contribution is -0.144. The Hall–Kier alpha value is -1.24. The van der Waals surface area contributed by atoms with E-state index >= 15 is 0 Å². The molecule has 0 N–H and O–H groups in total. The minimum Gasteiger partial charge on any atom is -0.383 e. The van der Waals surface area contributed by atoms with Gasteiger partial charge in [0.15, 0.2) is 0 Å². The van der Waals surface area contributed by atoms with Crippen LogP contribution < -0.4 is 0 Å². The summed E-state index contributed by atoms with van der Waals surface area (Å²) in [5.41, 5.74) is 0.942. The van der Waals surface area contributed by atoms with Crippen molar-refractivity contribution in [1.82, 2.24) is 14.8 Å². The zero-order valence-electron chi connectivity index (χ0n) is 14.7. The fourth-order valence-corrected chi connectivity index (χ4v) is 4.28. The molecule has 6 heteroatoms. The number of likely N-dealkylation sites (tertiary alicyclic amines) is 1. The van der Waals surface area contributed by atoms with Gasteiger partial charge in [-0.2, -0.15) is 0 Å². The van der Waals surface area contributed by atoms with E-state index < -0.39 is 0 Å². The first-order valence-corrected chi connectivity index (χ1v) is 9.58. The number of carbonyl (C=O) groups is 1. The maximum atomic E-state index is 13.1. The molecule has 2 aliphatic heterocycles. The summed E-state index contributed by atoms with van der Waals surface area (Å²) in [4.78, 5) is 22.1. The molecule has 0 bridgehead atoms. The zero-order chi connectivity index (χ0) is 17.0. The first kappa shape index (κ1) is 17.6. The van der Waals surface area contributed by atoms with Crippen LogP contribution in [0.4, 0.5) is 0 Å². The van der Waals surface area contributed by atoms with E-state index in [-0.39, 0.29) is 5.41 Å². The number of methoxy groups -OCH3 is 1. The topological polar surface area (TPSA) is 45.7 Å². The first-order chi connectivity index (χ1) is 11.6. The van der Waals surface area contributed by atoms with Gasteiger partial charge in [-0.3, -0.25) is 9.69 Å². The average Bonchev–Trinajstić information content (AvgIpc) is 2.93. The molecule has 1 amide bonds. The van der Waals surface area contributed by atoms with Gasteiger partial charge in [-0.1, -0.05) is 12.2 Å². The maximum absolute atomic E-state index is 13.1. The van der Waals surface area contributed by atoms with Crippen molar-refractivity contribution in [1.29, 1.82) is 0 Å². The van der Waals surface area contributed by atoms with E-state index in [0.29, 0.717) is 25.6 Å². The molecule has 0 saturated carbocycles. The third-order valence-electron chi connectivity index (χ3n) is 5.17. The highest BCUT2D eigenvalue weighted by molar-refractivity contribution is 7.09. The van der Waals surface area contributed by atoms with Gasteiger partial charge in [-0.15, -0.1) is 11.3 Å². The lowest BCUT2D eigenvalue weighted by Gasteiger charge is -2.41. The minimum atomic E-state index is -0.213. The Balaban J connectivity index is 1.62. The van der Waals surface area contributed by atoms with Crippen LogP contribution >= 0.6 is 11.3 Å². The fourth-order valence-electron chi connectivity index (χ4n) is 3.68. The van der Waals surface area contributed by atoms with Crippen molar-refractivity contribution in [2.75, 3.05) is 39.9 Å². The van der Waals surface area contributed by atoms with E-state index in [1.54, 1.807) is 18.4 Å². The number of piperidine rings is 1. The second-order valence-corrected chi connectivity index (χ2v) is 7.90. The molecule has 1 saturated heterocycles. The Labute approximate surface area is 148 Å². The normalized spacial score (nSPS) is 21.4. The molecule has 1 aromatic rings. The van der Waals surface area contributed by atoms with Crippen LogP contribution in [0.5, 0.6) is 0 Å². The number of aryl methyl sites for hydroxylation is 1. The molecule has 2 aliphatic rings. The summed E-state index contributed by atoms with van der Waals surface area (Å²) in [6.45, 7) is 6.88. The number of allylic oxidation sites excluding steroid dienone is 1. The van der Waals surface area contributed by atoms with E-state index in [1.165, 1.54) is 0 Å². The van der Waals surface area contributed by atoms with Crippen molar-refractivity contribution < 1.29 is 9.53 Å². The van der Waals surface area contributed by atoms with Crippen LogP contribution in [-0.2, 0) is 16.1 Å². The Morgan fingerprint density at radius 3 is 2.79 bits per heavy atom. The number of hydrogen-bond donors (Lipinski definition) is 0. The standard InChI is InChI=1S/C18H27N3O2S/c1-15-19-16(14-24-15)13-20-9-6-18(7-10-20)5-3-4-8-21(17(18)22)11-12-23-2/h3-4,14H,5-13H2,1-2H3. The Morgan fingerprint density at radius 2 is 2.12 bits per heavy atom. The third-order valence-corrected chi connectivity index (χ3v) is 5.99. The number of aromatic nitrogens is 1. The van der Waals surface area contributed by atoms with Gasteiger partial charge in [0.1, 0.15) is 0 Å². The molecule has 5 nitrogen and oxygen atoms in total. The van der Waals surface area contributed by atoms with Gasteiger partial charge in [0, 0.05) is 32.1 Å². The van der Waals surface area contributed by atoms with Gasteiger partial charge >= 0.3 is 0 Å². The number of nitrogens with zero attached hydrogens (tertiary/aromatic N) is 3. The zero-order valence-corrected chi connectivity index (χ0v) is 15.5. The lowest BCUT2D eigenvalue weighted by atomic mass is 9.74. The second kappa shape index (κ2) is 7.76. The van der Waals surface area contributed by atoms with Gasteiger partial charge in [0.25, 0.3) is 0 Å². The molecule has 1 fully saturated rings. The number of amides is 1. The Kier molecular flexibility index (Phi) is 5.69. The van der Waals surface area contributed by atoms with Crippen molar-refractivity contribution in [3.8, 4) is 0 Å². The van der Waals surface area contributed by atoms with Crippen LogP contribution in [0, 0.1) is 12.3 Å². The predicted octanol–water partition coefficient (Wildman–Crippen LogP) is 2.47. The van der Waals surface area contributed by atoms with Crippen molar-refractivity contribution in [2.45, 2.75) is 32.7 Å². The van der Waals surface area contributed by atoms with Crippen molar-refractivity contribution in [3.05, 3.63) is 28.2 Å². The quantitative estimate of drug-likeness (QED) is 0.766. The van der Waals surface area contributed by atoms with Gasteiger partial charge < -0.3 is 9.64 Å². The molecule has 132 valence electrons. The van der Waals surface area contributed by atoms with Gasteiger partial charge in [-0.05, 0) is 39.3 Å². The number of thiazole rings is 1. The number of hydrogen-bond acceptors (Lipinski definition) is 5. The van der Waals surface area contributed by atoms with E-state index in [0.717, 1.165) is 49.6 Å². The largest absolute Gasteiger partial charge is 0.383 e. The second-order valence-electron chi connectivity index (χ2n) is 6.83. The van der Waals surface area contributed by atoms with Crippen LogP contribution in [0.25, 0.3) is 0 Å². The molecule has 0 atom stereocenters. The lowest BCUT2D eigenvalue weighted by Crippen LogP contribution is -2.50. The van der Waals surface area contributed by atoms with Crippen LogP contribution in [0.1, 0.15) is 30.0 Å². The van der Waals surface area contributed by atoms with Crippen LogP contribution in [0.15, 0.2) is 17.5 Å². The molecule has 0 aromatic carbocycles. The highest BCUT2D eigenvalue weighted by Crippen LogP contribution is 2.39. The molecule has 0 radical (unpaired) electrons. The van der Waals surface area contributed by atoms with Crippen molar-refractivity contribution >= 4 is 17.2 Å². The molecular weight excluding hydrogens is 322 g/mol. The summed E-state index contributed by atoms with van der Waals surface area (Å²) < 4.78 is 5.16. The fraction of sp³-hybridized carbons (Fsp3) is 0.667. The number of ether oxygens (including phenoxy) is 1. The van der Waals surface area contributed by atoms with Crippen LogP contribution in [0.2, 0.25) is 0 Å². The van der Waals surface area contributed by atoms with Gasteiger partial charge in [-0.25, -0.2) is 4.98 Å². The average molecular weight is 350 g/mol. The van der Waals surface area contributed by atoms with E-state index in [1.807, 2.05) is 11.8 Å². The van der Waals surface area contributed by atoms with Gasteiger partial charge in [0.05, 0.1) is 22.7 Å². The first-order valence-electron chi connectivity index (χ1n) is 8.70. The maximum Gasteiger partial charge on any atom is 0.229 e. The molecule has 3 rings (SSSR count). The highest BCUT2D eigenvalue weighted by atomic mass is 32.1. The summed E-state index contributed by atoms with van der Waals surface area (Å²) in [5, 5.41) is 3.27. The Morgan fingerprint density at radius 1 is 1.33 bits per heavy atom. The summed E-state index contributed by atoms with van der Waals surface area (Å²) in [6, 6.07) is 0. The van der Waals surface area contributed by atoms with Crippen molar-refractivity contribution in [3.63, 3.8) is 0 Å². The minimum absolute atomic E-state index is 0.213. The number of rotatable bonds is 5. The molecule has 3 heterocycles. The summed E-state index contributed by atoms with van der Waals surface area (Å²) in [7, 11) is 1.69. The van der Waals surface area contributed by atoms with E-state index in [4.69, 9.17) is 4.74 Å². The van der Waals surface area contributed by atoms with Crippen LogP contribution in [0.3, 0.4) is 0 Å². The third kappa shape index (κ3) is 3.87. The Bertz CT molecular complexity index is 591. The molecule has 1 spiro atoms. The number of carbonyl (C=O) groups excluding carboxylic acids is 1. The van der Waals surface area contributed by atoms with Gasteiger partial charge in [0.2, 0.25) is 5.91 Å². The molecular formula is C18H27N3O2S. The monoisotopic (exact) mass is 349 g/mol. The smallest absolute Gasteiger partial charge is 0.229 e. The SMILES string of the molecule is COCCN1CC=CCC2(CCN(Cc3csc(C)n3)CC2)C1=O. The molecule has 0 unspecified atom stereocenters. The summed E-state index contributed by atoms with van der Waals surface area (Å²) in [5.74, 6) is 0.314. The molecule has 1 aromatic heterocycles. The predicted molar refractivity (Wildman–Crippen MR) is 96.0 cm³/mol. The summed E-state index contributed by atoms with van der Waals surface area (Å²) in [6.07, 6.45) is 7.07. The van der Waals surface area contributed by atoms with Crippen LogP contribution in [-0.4, -0.2) is 60.6 Å². The highest BCUT2D eigenvalue weighted by Gasteiger charge is 2.43. The van der Waals surface area contributed by atoms with E-state index in [2.05, 4.69) is 27.4 Å². The van der Waals surface area contributed by atoms with Crippen molar-refractivity contribution in [2.24, 2.45) is 5.41 Å². The summed E-state index contributed by atoms with van der Waals surface area (Å²) >= 11 is 1.71. The molecule has 24 heavy (non-hydrogen) atoms. The molecule has 0 aliphatic carbocycles.